The van der Waals surface area contributed by atoms with Crippen molar-refractivity contribution in [3.8, 4) is 0 Å². The molecule has 0 aromatic rings. The lowest BCUT2D eigenvalue weighted by Gasteiger charge is -2.14. The first-order valence-electron chi connectivity index (χ1n) is 4.85. The van der Waals surface area contributed by atoms with Crippen molar-refractivity contribution in [2.75, 3.05) is 19.7 Å². The maximum Gasteiger partial charge on any atom is 0.310 e. The number of rotatable bonds is 3. The Morgan fingerprint density at radius 1 is 1.54 bits per heavy atom. The van der Waals surface area contributed by atoms with Crippen molar-refractivity contribution >= 4 is 14.0 Å². The van der Waals surface area contributed by atoms with Crippen LogP contribution in [0.5, 0.6) is 0 Å². The van der Waals surface area contributed by atoms with E-state index in [0.29, 0.717) is 19.1 Å². The Bertz CT molecular complexity index is 186. The SMILES string of the molecule is [B]N1CC(CC)C(C(=O)OCC)C1. The summed E-state index contributed by atoms with van der Waals surface area (Å²) < 4.78 is 4.99. The van der Waals surface area contributed by atoms with Crippen molar-refractivity contribution in [1.29, 1.82) is 0 Å². The Morgan fingerprint density at radius 2 is 2.23 bits per heavy atom. The molecule has 0 bridgehead atoms. The predicted molar refractivity (Wildman–Crippen MR) is 51.2 cm³/mol. The third-order valence-corrected chi connectivity index (χ3v) is 2.58. The summed E-state index contributed by atoms with van der Waals surface area (Å²) in [5.74, 6) is 0.251. The molecule has 2 atom stereocenters. The van der Waals surface area contributed by atoms with Crippen LogP contribution in [0.2, 0.25) is 0 Å². The molecule has 13 heavy (non-hydrogen) atoms. The van der Waals surface area contributed by atoms with Crippen LogP contribution in [0.25, 0.3) is 0 Å². The standard InChI is InChI=1S/C9H16BNO2/c1-3-7-5-11(10)6-8(7)9(12)13-4-2/h7-8H,3-6H2,1-2H3. The second kappa shape index (κ2) is 4.65. The number of ether oxygens (including phenoxy) is 1. The van der Waals surface area contributed by atoms with E-state index in [1.807, 2.05) is 6.92 Å². The molecule has 1 fully saturated rings. The van der Waals surface area contributed by atoms with Crippen molar-refractivity contribution in [2.45, 2.75) is 20.3 Å². The van der Waals surface area contributed by atoms with Crippen LogP contribution in [0.1, 0.15) is 20.3 Å². The van der Waals surface area contributed by atoms with Gasteiger partial charge in [-0.2, -0.15) is 0 Å². The van der Waals surface area contributed by atoms with E-state index in [0.717, 1.165) is 13.0 Å². The number of esters is 1. The van der Waals surface area contributed by atoms with Gasteiger partial charge in [0.05, 0.1) is 12.5 Å². The summed E-state index contributed by atoms with van der Waals surface area (Å²) in [7, 11) is 5.65. The Balaban J connectivity index is 2.52. The lowest BCUT2D eigenvalue weighted by atomic mass is 9.94. The zero-order chi connectivity index (χ0) is 9.84. The van der Waals surface area contributed by atoms with Crippen molar-refractivity contribution < 1.29 is 9.53 Å². The Kier molecular flexibility index (Phi) is 3.79. The van der Waals surface area contributed by atoms with Crippen LogP contribution < -0.4 is 0 Å². The molecule has 1 aliphatic heterocycles. The Labute approximate surface area is 80.9 Å². The summed E-state index contributed by atoms with van der Waals surface area (Å²) in [6.45, 7) is 5.80. The van der Waals surface area contributed by atoms with Gasteiger partial charge in [-0.05, 0) is 19.4 Å². The van der Waals surface area contributed by atoms with E-state index in [9.17, 15) is 4.79 Å². The fraction of sp³-hybridized carbons (Fsp3) is 0.889. The highest BCUT2D eigenvalue weighted by molar-refractivity contribution is 6.04. The fourth-order valence-corrected chi connectivity index (χ4v) is 1.83. The van der Waals surface area contributed by atoms with Gasteiger partial charge in [-0.15, -0.1) is 0 Å². The average molecular weight is 181 g/mol. The monoisotopic (exact) mass is 181 g/mol. The molecule has 0 aromatic carbocycles. The number of carbonyl (C=O) groups is 1. The second-order valence-corrected chi connectivity index (χ2v) is 3.48. The van der Waals surface area contributed by atoms with Crippen LogP contribution in [0.15, 0.2) is 0 Å². The molecule has 1 heterocycles. The van der Waals surface area contributed by atoms with Crippen molar-refractivity contribution in [3.63, 3.8) is 0 Å². The largest absolute Gasteiger partial charge is 0.466 e. The maximum absolute atomic E-state index is 11.5. The molecule has 2 unspecified atom stereocenters. The first-order chi connectivity index (χ1) is 6.19. The molecule has 72 valence electrons. The molecule has 0 aromatic heterocycles. The summed E-state index contributed by atoms with van der Waals surface area (Å²) >= 11 is 0. The van der Waals surface area contributed by atoms with Gasteiger partial charge in [0.2, 0.25) is 0 Å². The van der Waals surface area contributed by atoms with Crippen molar-refractivity contribution in [1.82, 2.24) is 4.81 Å². The zero-order valence-electron chi connectivity index (χ0n) is 8.32. The fourth-order valence-electron chi connectivity index (χ4n) is 1.83. The summed E-state index contributed by atoms with van der Waals surface area (Å²) in [6.07, 6.45) is 0.983. The first kappa shape index (κ1) is 10.6. The van der Waals surface area contributed by atoms with Crippen molar-refractivity contribution in [3.05, 3.63) is 0 Å². The minimum Gasteiger partial charge on any atom is -0.466 e. The van der Waals surface area contributed by atoms with E-state index in [1.54, 1.807) is 4.81 Å². The highest BCUT2D eigenvalue weighted by Crippen LogP contribution is 2.25. The van der Waals surface area contributed by atoms with E-state index in [-0.39, 0.29) is 11.9 Å². The molecule has 1 saturated heterocycles. The molecule has 1 rings (SSSR count). The van der Waals surface area contributed by atoms with Gasteiger partial charge in [0.25, 0.3) is 0 Å². The molecule has 1 aliphatic rings. The van der Waals surface area contributed by atoms with Crippen LogP contribution >= 0.6 is 0 Å². The highest BCUT2D eigenvalue weighted by atomic mass is 16.5. The summed E-state index contributed by atoms with van der Waals surface area (Å²) in [5.41, 5.74) is 0. The normalized spacial score (nSPS) is 29.1. The number of hydrogen-bond acceptors (Lipinski definition) is 3. The number of nitrogens with zero attached hydrogens (tertiary/aromatic N) is 1. The highest BCUT2D eigenvalue weighted by Gasteiger charge is 2.35. The van der Waals surface area contributed by atoms with Gasteiger partial charge in [-0.1, -0.05) is 13.3 Å². The van der Waals surface area contributed by atoms with Gasteiger partial charge in [-0.25, -0.2) is 0 Å². The maximum atomic E-state index is 11.5. The molecule has 0 saturated carbocycles. The van der Waals surface area contributed by atoms with Crippen LogP contribution in [-0.4, -0.2) is 38.5 Å². The molecule has 4 heteroatoms. The Morgan fingerprint density at radius 3 is 2.77 bits per heavy atom. The minimum absolute atomic E-state index is 0.0186. The molecular formula is C9H16BNO2. The topological polar surface area (TPSA) is 29.5 Å². The van der Waals surface area contributed by atoms with E-state index in [1.165, 1.54) is 0 Å². The van der Waals surface area contributed by atoms with E-state index < -0.39 is 0 Å². The molecule has 0 aliphatic carbocycles. The third-order valence-electron chi connectivity index (χ3n) is 2.58. The smallest absolute Gasteiger partial charge is 0.310 e. The molecule has 0 N–H and O–H groups in total. The van der Waals surface area contributed by atoms with E-state index >= 15 is 0 Å². The van der Waals surface area contributed by atoms with Gasteiger partial charge >= 0.3 is 5.97 Å². The average Bonchev–Trinajstić information content (AvgIpc) is 2.47. The second-order valence-electron chi connectivity index (χ2n) is 3.48. The molecule has 0 amide bonds. The van der Waals surface area contributed by atoms with Gasteiger partial charge in [-0.3, -0.25) is 4.79 Å². The third kappa shape index (κ3) is 2.47. The number of hydrogen-bond donors (Lipinski definition) is 0. The van der Waals surface area contributed by atoms with Gasteiger partial charge < -0.3 is 9.55 Å². The van der Waals surface area contributed by atoms with Crippen LogP contribution in [0.4, 0.5) is 0 Å². The van der Waals surface area contributed by atoms with Gasteiger partial charge in [0.15, 0.2) is 7.98 Å². The lowest BCUT2D eigenvalue weighted by Crippen LogP contribution is -2.25. The predicted octanol–water partition coefficient (Wildman–Crippen LogP) is 0.591. The summed E-state index contributed by atoms with van der Waals surface area (Å²) in [4.78, 5) is 13.2. The van der Waals surface area contributed by atoms with Gasteiger partial charge in [0, 0.05) is 6.54 Å². The molecule has 2 radical (unpaired) electrons. The summed E-state index contributed by atoms with van der Waals surface area (Å²) in [6, 6.07) is 0. The van der Waals surface area contributed by atoms with E-state index in [4.69, 9.17) is 12.7 Å². The van der Waals surface area contributed by atoms with Gasteiger partial charge in [0.1, 0.15) is 0 Å². The van der Waals surface area contributed by atoms with Crippen LogP contribution in [0, 0.1) is 11.8 Å². The molecule has 3 nitrogen and oxygen atoms in total. The van der Waals surface area contributed by atoms with Crippen LogP contribution in [-0.2, 0) is 9.53 Å². The van der Waals surface area contributed by atoms with Crippen LogP contribution in [0.3, 0.4) is 0 Å². The lowest BCUT2D eigenvalue weighted by molar-refractivity contribution is -0.148. The van der Waals surface area contributed by atoms with Crippen molar-refractivity contribution in [2.24, 2.45) is 11.8 Å². The minimum atomic E-state index is -0.0951. The first-order valence-corrected chi connectivity index (χ1v) is 4.85. The zero-order valence-corrected chi connectivity index (χ0v) is 8.32. The molecule has 0 spiro atoms. The quantitative estimate of drug-likeness (QED) is 0.471. The number of carbonyl (C=O) groups excluding carboxylic acids is 1. The Hall–Kier alpha value is -0.505. The van der Waals surface area contributed by atoms with E-state index in [2.05, 4.69) is 6.92 Å². The summed E-state index contributed by atoms with van der Waals surface area (Å²) in [5, 5.41) is 0. The molecular weight excluding hydrogens is 165 g/mol.